The summed E-state index contributed by atoms with van der Waals surface area (Å²) in [5.41, 5.74) is 1.17. The van der Waals surface area contributed by atoms with Crippen LogP contribution in [0, 0.1) is 11.8 Å². The molecule has 4 heteroatoms. The molecular weight excluding hydrogens is 378 g/mol. The lowest BCUT2D eigenvalue weighted by molar-refractivity contribution is -0.113. The molecule has 2 aliphatic rings. The molecule has 1 aliphatic heterocycles. The molecular formula is C25H41NO2S. The fourth-order valence-corrected chi connectivity index (χ4v) is 3.56. The monoisotopic (exact) mass is 419 g/mol. The molecule has 0 aromatic heterocycles. The quantitative estimate of drug-likeness (QED) is 0.218. The summed E-state index contributed by atoms with van der Waals surface area (Å²) in [6.07, 6.45) is 4.70. The lowest BCUT2D eigenvalue weighted by atomic mass is 9.77. The van der Waals surface area contributed by atoms with E-state index in [0.717, 1.165) is 40.5 Å². The zero-order valence-corrected chi connectivity index (χ0v) is 20.6. The third kappa shape index (κ3) is 10.1. The van der Waals surface area contributed by atoms with Crippen LogP contribution in [0.4, 0.5) is 0 Å². The fourth-order valence-electron chi connectivity index (χ4n) is 2.59. The minimum Gasteiger partial charge on any atom is -0.497 e. The van der Waals surface area contributed by atoms with Crippen LogP contribution in [0.5, 0.6) is 5.75 Å². The van der Waals surface area contributed by atoms with E-state index in [2.05, 4.69) is 32.3 Å². The molecule has 29 heavy (non-hydrogen) atoms. The highest BCUT2D eigenvalue weighted by Gasteiger charge is 2.29. The van der Waals surface area contributed by atoms with Crippen LogP contribution in [0.3, 0.4) is 0 Å². The second-order valence-electron chi connectivity index (χ2n) is 7.06. The maximum atomic E-state index is 11.7. The number of thioether (sulfide) groups is 1. The third-order valence-electron chi connectivity index (χ3n) is 4.91. The molecule has 0 N–H and O–H groups in total. The van der Waals surface area contributed by atoms with Crippen LogP contribution in [-0.4, -0.2) is 30.9 Å². The third-order valence-corrected chi connectivity index (χ3v) is 6.15. The molecule has 0 radical (unpaired) electrons. The molecule has 0 spiro atoms. The SMILES string of the molecule is C=CC.CC.CC1CCC1C.CCN1C/C1=C(/Sc1ccc(OC)cc1)C(C)=O. The number of allylic oxidation sites excluding steroid dienone is 2. The average Bonchev–Trinajstić information content (AvgIpc) is 3.53. The molecule has 1 saturated heterocycles. The van der Waals surface area contributed by atoms with E-state index in [1.807, 2.05) is 45.0 Å². The van der Waals surface area contributed by atoms with Crippen LogP contribution < -0.4 is 4.74 Å². The first-order valence-electron chi connectivity index (χ1n) is 10.8. The van der Waals surface area contributed by atoms with Crippen molar-refractivity contribution in [2.75, 3.05) is 20.2 Å². The Labute approximate surface area is 183 Å². The summed E-state index contributed by atoms with van der Waals surface area (Å²) in [4.78, 5) is 15.8. The Bertz CT molecular complexity index is 629. The van der Waals surface area contributed by atoms with Crippen LogP contribution in [0.2, 0.25) is 0 Å². The van der Waals surface area contributed by atoms with Crippen LogP contribution in [0.15, 0.2) is 52.4 Å². The van der Waals surface area contributed by atoms with Crippen molar-refractivity contribution in [2.45, 2.75) is 66.2 Å². The number of methoxy groups -OCH3 is 1. The number of nitrogens with zero attached hydrogens (tertiary/aromatic N) is 1. The summed E-state index contributed by atoms with van der Waals surface area (Å²) in [6.45, 7) is 19.5. The Balaban J connectivity index is 0.000000589. The van der Waals surface area contributed by atoms with Crippen molar-refractivity contribution >= 4 is 17.5 Å². The van der Waals surface area contributed by atoms with E-state index in [1.54, 1.807) is 20.1 Å². The number of Topliss-reactive ketones (excluding diaryl/α,β-unsaturated/α-hetero) is 1. The smallest absolute Gasteiger partial charge is 0.168 e. The van der Waals surface area contributed by atoms with Crippen LogP contribution in [0.1, 0.15) is 61.3 Å². The largest absolute Gasteiger partial charge is 0.497 e. The lowest BCUT2D eigenvalue weighted by Crippen LogP contribution is -2.18. The standard InChI is InChI=1S/C14H17NO2S.C6H12.C3H6.C2H6/c1-4-15-9-13(15)14(10(2)16)18-12-7-5-11(17-3)6-8-12;1-5-3-4-6(5)2;1-3-2;1-2/h5-8H,4,9H2,1-3H3;5-6H,3-4H2,1-2H3;3H,1H2,2H3;1-2H3/b14-13-;;;. The normalized spacial score (nSPS) is 20.2. The summed E-state index contributed by atoms with van der Waals surface area (Å²) < 4.78 is 5.12. The fraction of sp³-hybridized carbons (Fsp3) is 0.560. The first kappa shape index (κ1) is 27.3. The Morgan fingerprint density at radius 3 is 1.97 bits per heavy atom. The topological polar surface area (TPSA) is 29.3 Å². The van der Waals surface area contributed by atoms with E-state index in [0.29, 0.717) is 0 Å². The van der Waals surface area contributed by atoms with Crippen molar-refractivity contribution in [1.29, 1.82) is 0 Å². The minimum absolute atomic E-state index is 0.141. The van der Waals surface area contributed by atoms with Gasteiger partial charge in [-0.25, -0.2) is 0 Å². The molecule has 1 aliphatic carbocycles. The summed E-state index contributed by atoms with van der Waals surface area (Å²) in [5.74, 6) is 3.04. The predicted molar refractivity (Wildman–Crippen MR) is 129 cm³/mol. The zero-order chi connectivity index (χ0) is 22.4. The molecule has 0 amide bonds. The average molecular weight is 420 g/mol. The molecule has 1 aromatic rings. The second-order valence-corrected chi connectivity index (χ2v) is 8.15. The molecule has 3 nitrogen and oxygen atoms in total. The van der Waals surface area contributed by atoms with Gasteiger partial charge in [0.05, 0.1) is 24.3 Å². The number of ketones is 1. The van der Waals surface area contributed by atoms with Gasteiger partial charge in [0.25, 0.3) is 0 Å². The molecule has 1 aromatic carbocycles. The van der Waals surface area contributed by atoms with E-state index in [-0.39, 0.29) is 5.78 Å². The number of benzene rings is 1. The molecule has 1 saturated carbocycles. The van der Waals surface area contributed by atoms with Crippen LogP contribution >= 0.6 is 11.8 Å². The Kier molecular flexibility index (Phi) is 14.3. The summed E-state index contributed by atoms with van der Waals surface area (Å²) >= 11 is 1.54. The highest BCUT2D eigenvalue weighted by atomic mass is 32.2. The van der Waals surface area contributed by atoms with Gasteiger partial charge in [-0.2, -0.15) is 0 Å². The van der Waals surface area contributed by atoms with Gasteiger partial charge in [0, 0.05) is 11.4 Å². The number of likely N-dealkylation sites (N-methyl/N-ethyl adjacent to an activating group) is 1. The number of rotatable bonds is 5. The van der Waals surface area contributed by atoms with E-state index in [1.165, 1.54) is 30.3 Å². The summed E-state index contributed by atoms with van der Waals surface area (Å²) in [6, 6.07) is 7.78. The Hall–Kier alpha value is -1.68. The number of ether oxygens (including phenoxy) is 1. The highest BCUT2D eigenvalue weighted by Crippen LogP contribution is 2.37. The molecule has 2 fully saturated rings. The maximum absolute atomic E-state index is 11.7. The Morgan fingerprint density at radius 1 is 1.21 bits per heavy atom. The lowest BCUT2D eigenvalue weighted by Gasteiger charge is -2.29. The van der Waals surface area contributed by atoms with Gasteiger partial charge in [0.2, 0.25) is 0 Å². The van der Waals surface area contributed by atoms with Crippen molar-refractivity contribution in [3.63, 3.8) is 0 Å². The molecule has 164 valence electrons. The minimum atomic E-state index is 0.141. The second kappa shape index (κ2) is 15.2. The van der Waals surface area contributed by atoms with Crippen molar-refractivity contribution < 1.29 is 9.53 Å². The molecule has 3 rings (SSSR count). The van der Waals surface area contributed by atoms with Gasteiger partial charge < -0.3 is 9.64 Å². The Morgan fingerprint density at radius 2 is 1.69 bits per heavy atom. The molecule has 2 unspecified atom stereocenters. The van der Waals surface area contributed by atoms with Crippen LogP contribution in [-0.2, 0) is 4.79 Å². The molecule has 2 atom stereocenters. The van der Waals surface area contributed by atoms with Crippen molar-refractivity contribution in [3.05, 3.63) is 47.5 Å². The number of hydrogen-bond donors (Lipinski definition) is 0. The van der Waals surface area contributed by atoms with Gasteiger partial charge in [-0.3, -0.25) is 4.79 Å². The van der Waals surface area contributed by atoms with E-state index >= 15 is 0 Å². The van der Waals surface area contributed by atoms with Gasteiger partial charge in [-0.15, -0.1) is 6.58 Å². The van der Waals surface area contributed by atoms with E-state index in [4.69, 9.17) is 4.74 Å². The maximum Gasteiger partial charge on any atom is 0.168 e. The van der Waals surface area contributed by atoms with Crippen LogP contribution in [0.25, 0.3) is 0 Å². The van der Waals surface area contributed by atoms with Gasteiger partial charge >= 0.3 is 0 Å². The highest BCUT2D eigenvalue weighted by molar-refractivity contribution is 8.04. The molecule has 1 heterocycles. The van der Waals surface area contributed by atoms with Crippen molar-refractivity contribution in [3.8, 4) is 5.75 Å². The first-order valence-corrected chi connectivity index (χ1v) is 11.6. The number of carbonyl (C=O) groups is 1. The van der Waals surface area contributed by atoms with Gasteiger partial charge in [-0.05, 0) is 56.9 Å². The van der Waals surface area contributed by atoms with E-state index < -0.39 is 0 Å². The van der Waals surface area contributed by atoms with Gasteiger partial charge in [0.1, 0.15) is 5.75 Å². The van der Waals surface area contributed by atoms with E-state index in [9.17, 15) is 4.79 Å². The van der Waals surface area contributed by atoms with Gasteiger partial charge in [-0.1, -0.05) is 58.4 Å². The summed E-state index contributed by atoms with van der Waals surface area (Å²) in [5, 5.41) is 0. The number of hydrogen-bond acceptors (Lipinski definition) is 4. The summed E-state index contributed by atoms with van der Waals surface area (Å²) in [7, 11) is 1.65. The first-order chi connectivity index (χ1) is 13.9. The zero-order valence-electron chi connectivity index (χ0n) is 19.7. The van der Waals surface area contributed by atoms with Crippen molar-refractivity contribution in [1.82, 2.24) is 4.90 Å². The number of carbonyl (C=O) groups excluding carboxylic acids is 1. The predicted octanol–water partition coefficient (Wildman–Crippen LogP) is 7.19. The molecule has 0 bridgehead atoms. The van der Waals surface area contributed by atoms with Gasteiger partial charge in [0.15, 0.2) is 5.78 Å². The van der Waals surface area contributed by atoms with Crippen molar-refractivity contribution in [2.24, 2.45) is 11.8 Å².